The largest absolute Gasteiger partial charge is 0.338 e. The van der Waals surface area contributed by atoms with Gasteiger partial charge in [0, 0.05) is 36.3 Å². The van der Waals surface area contributed by atoms with Crippen molar-refractivity contribution in [2.45, 2.75) is 57.9 Å². The van der Waals surface area contributed by atoms with Crippen molar-refractivity contribution in [1.82, 2.24) is 4.90 Å². The van der Waals surface area contributed by atoms with E-state index in [1.807, 2.05) is 30.0 Å². The van der Waals surface area contributed by atoms with Crippen molar-refractivity contribution >= 4 is 29.9 Å². The van der Waals surface area contributed by atoms with E-state index < -0.39 is 0 Å². The third-order valence-electron chi connectivity index (χ3n) is 5.84. The minimum absolute atomic E-state index is 0. The number of nitrogens with two attached hydrogens (primary N) is 1. The quantitative estimate of drug-likeness (QED) is 0.816. The maximum atomic E-state index is 12.9. The molecule has 1 aliphatic carbocycles. The average molecular weight is 394 g/mol. The van der Waals surface area contributed by atoms with E-state index in [4.69, 9.17) is 5.73 Å². The fourth-order valence-electron chi connectivity index (χ4n) is 4.15. The monoisotopic (exact) mass is 393 g/mol. The number of nitrogens with zero attached hydrogens (tertiary/aromatic N) is 1. The summed E-state index contributed by atoms with van der Waals surface area (Å²) in [5.41, 5.74) is 7.38. The van der Waals surface area contributed by atoms with E-state index >= 15 is 0 Å². The van der Waals surface area contributed by atoms with E-state index in [0.717, 1.165) is 51.6 Å². The topological polar surface area (TPSA) is 75.4 Å². The lowest BCUT2D eigenvalue weighted by molar-refractivity contribution is -0.120. The number of carbonyl (C=O) groups is 2. The van der Waals surface area contributed by atoms with Crippen molar-refractivity contribution in [2.75, 3.05) is 18.4 Å². The van der Waals surface area contributed by atoms with Crippen LogP contribution in [0.4, 0.5) is 5.69 Å². The van der Waals surface area contributed by atoms with Crippen molar-refractivity contribution < 1.29 is 9.59 Å². The van der Waals surface area contributed by atoms with Crippen molar-refractivity contribution in [3.8, 4) is 0 Å². The maximum absolute atomic E-state index is 12.9. The van der Waals surface area contributed by atoms with Crippen LogP contribution in [0.1, 0.15) is 62.2 Å². The fraction of sp³-hybridized carbons (Fsp3) is 0.619. The summed E-state index contributed by atoms with van der Waals surface area (Å²) in [5, 5.41) is 3.01. The minimum Gasteiger partial charge on any atom is -0.338 e. The Morgan fingerprint density at radius 2 is 1.89 bits per heavy atom. The summed E-state index contributed by atoms with van der Waals surface area (Å²) in [7, 11) is 0. The Bertz CT molecular complexity index is 644. The second kappa shape index (κ2) is 10.1. The van der Waals surface area contributed by atoms with Gasteiger partial charge < -0.3 is 16.0 Å². The Morgan fingerprint density at radius 3 is 2.59 bits per heavy atom. The van der Waals surface area contributed by atoms with Gasteiger partial charge >= 0.3 is 0 Å². The SMILES string of the molecule is CC(N)C1CCCN(C(=O)c2cccc(NC(=O)C3CCCCC3)c2)C1.Cl. The molecule has 5 nitrogen and oxygen atoms in total. The minimum atomic E-state index is 0. The Morgan fingerprint density at radius 1 is 1.15 bits per heavy atom. The van der Waals surface area contributed by atoms with Crippen LogP contribution < -0.4 is 11.1 Å². The highest BCUT2D eigenvalue weighted by atomic mass is 35.5. The van der Waals surface area contributed by atoms with Gasteiger partial charge in [0.25, 0.3) is 5.91 Å². The number of amides is 2. The third-order valence-corrected chi connectivity index (χ3v) is 5.84. The highest BCUT2D eigenvalue weighted by Gasteiger charge is 2.27. The second-order valence-corrected chi connectivity index (χ2v) is 7.92. The predicted octanol–water partition coefficient (Wildman–Crippen LogP) is 3.83. The molecule has 0 spiro atoms. The molecule has 2 aliphatic rings. The van der Waals surface area contributed by atoms with Crippen LogP contribution in [-0.4, -0.2) is 35.8 Å². The molecule has 0 aromatic heterocycles. The van der Waals surface area contributed by atoms with E-state index in [1.165, 1.54) is 6.42 Å². The molecular formula is C21H32ClN3O2. The van der Waals surface area contributed by atoms with Crippen LogP contribution in [0.25, 0.3) is 0 Å². The van der Waals surface area contributed by atoms with Crippen LogP contribution >= 0.6 is 12.4 Å². The Hall–Kier alpha value is -1.59. The summed E-state index contributed by atoms with van der Waals surface area (Å²) in [5.74, 6) is 0.590. The molecule has 27 heavy (non-hydrogen) atoms. The first-order valence-corrected chi connectivity index (χ1v) is 10.0. The zero-order valence-corrected chi connectivity index (χ0v) is 17.0. The van der Waals surface area contributed by atoms with Gasteiger partial charge in [-0.2, -0.15) is 0 Å². The van der Waals surface area contributed by atoms with Crippen molar-refractivity contribution in [3.63, 3.8) is 0 Å². The van der Waals surface area contributed by atoms with Crippen LogP contribution in [0.2, 0.25) is 0 Å². The number of hydrogen-bond donors (Lipinski definition) is 2. The number of piperidine rings is 1. The Kier molecular flexibility index (Phi) is 8.11. The van der Waals surface area contributed by atoms with Crippen molar-refractivity contribution in [3.05, 3.63) is 29.8 Å². The zero-order chi connectivity index (χ0) is 18.5. The molecule has 2 fully saturated rings. The number of hydrogen-bond acceptors (Lipinski definition) is 3. The van der Waals surface area contributed by atoms with Gasteiger partial charge in [-0.3, -0.25) is 9.59 Å². The normalized spacial score (nSPS) is 21.9. The van der Waals surface area contributed by atoms with Crippen molar-refractivity contribution in [1.29, 1.82) is 0 Å². The number of rotatable bonds is 4. The highest BCUT2D eigenvalue weighted by Crippen LogP contribution is 2.26. The number of nitrogens with one attached hydrogen (secondary N) is 1. The predicted molar refractivity (Wildman–Crippen MR) is 111 cm³/mol. The van der Waals surface area contributed by atoms with E-state index in [0.29, 0.717) is 17.2 Å². The van der Waals surface area contributed by atoms with Crippen molar-refractivity contribution in [2.24, 2.45) is 17.6 Å². The van der Waals surface area contributed by atoms with Gasteiger partial charge in [0.05, 0.1) is 0 Å². The second-order valence-electron chi connectivity index (χ2n) is 7.92. The summed E-state index contributed by atoms with van der Waals surface area (Å²) in [6.45, 7) is 3.51. The summed E-state index contributed by atoms with van der Waals surface area (Å²) in [6.07, 6.45) is 7.51. The molecule has 3 rings (SSSR count). The van der Waals surface area contributed by atoms with E-state index in [-0.39, 0.29) is 36.2 Å². The third kappa shape index (κ3) is 5.69. The Labute approximate surface area is 168 Å². The van der Waals surface area contributed by atoms with E-state index in [9.17, 15) is 9.59 Å². The molecular weight excluding hydrogens is 362 g/mol. The van der Waals surface area contributed by atoms with E-state index in [1.54, 1.807) is 6.07 Å². The number of likely N-dealkylation sites (tertiary alicyclic amines) is 1. The molecule has 3 N–H and O–H groups in total. The summed E-state index contributed by atoms with van der Waals surface area (Å²) < 4.78 is 0. The van der Waals surface area contributed by atoms with Gasteiger partial charge in [0.1, 0.15) is 0 Å². The lowest BCUT2D eigenvalue weighted by Crippen LogP contribution is -2.45. The first-order valence-electron chi connectivity index (χ1n) is 10.0. The zero-order valence-electron chi connectivity index (χ0n) is 16.2. The highest BCUT2D eigenvalue weighted by molar-refractivity contribution is 5.97. The fourth-order valence-corrected chi connectivity index (χ4v) is 4.15. The molecule has 2 amide bonds. The molecule has 1 aliphatic heterocycles. The van der Waals surface area contributed by atoms with Gasteiger partial charge in [-0.25, -0.2) is 0 Å². The van der Waals surface area contributed by atoms with E-state index in [2.05, 4.69) is 5.32 Å². The van der Waals surface area contributed by atoms with Gasteiger partial charge in [-0.1, -0.05) is 25.3 Å². The van der Waals surface area contributed by atoms with Crippen LogP contribution in [0.15, 0.2) is 24.3 Å². The summed E-state index contributed by atoms with van der Waals surface area (Å²) in [4.78, 5) is 27.2. The van der Waals surface area contributed by atoms with Gasteiger partial charge in [0.15, 0.2) is 0 Å². The summed E-state index contributed by atoms with van der Waals surface area (Å²) in [6, 6.07) is 7.44. The number of benzene rings is 1. The lowest BCUT2D eigenvalue weighted by Gasteiger charge is -2.34. The lowest BCUT2D eigenvalue weighted by atomic mass is 9.88. The molecule has 1 saturated carbocycles. The summed E-state index contributed by atoms with van der Waals surface area (Å²) >= 11 is 0. The van der Waals surface area contributed by atoms with Gasteiger partial charge in [0.2, 0.25) is 5.91 Å². The first kappa shape index (κ1) is 21.7. The molecule has 1 aromatic rings. The van der Waals surface area contributed by atoms with Gasteiger partial charge in [-0.05, 0) is 56.7 Å². The smallest absolute Gasteiger partial charge is 0.253 e. The molecule has 1 heterocycles. The van der Waals surface area contributed by atoms with Crippen LogP contribution in [-0.2, 0) is 4.79 Å². The number of carbonyl (C=O) groups excluding carboxylic acids is 2. The maximum Gasteiger partial charge on any atom is 0.253 e. The molecule has 1 saturated heterocycles. The molecule has 2 atom stereocenters. The number of anilines is 1. The standard InChI is InChI=1S/C21H31N3O2.ClH/c1-15(22)18-10-6-12-24(14-18)21(26)17-9-5-11-19(13-17)23-20(25)16-7-3-2-4-8-16;/h5,9,11,13,15-16,18H,2-4,6-8,10,12,14,22H2,1H3,(H,23,25);1H. The average Bonchev–Trinajstić information content (AvgIpc) is 2.68. The van der Waals surface area contributed by atoms with Crippen LogP contribution in [0.3, 0.4) is 0 Å². The van der Waals surface area contributed by atoms with Gasteiger partial charge in [-0.15, -0.1) is 12.4 Å². The molecule has 0 bridgehead atoms. The molecule has 0 radical (unpaired) electrons. The van der Waals surface area contributed by atoms with Crippen LogP contribution in [0.5, 0.6) is 0 Å². The molecule has 2 unspecified atom stereocenters. The molecule has 150 valence electrons. The number of halogens is 1. The van der Waals surface area contributed by atoms with Crippen LogP contribution in [0, 0.1) is 11.8 Å². The molecule has 1 aromatic carbocycles. The Balaban J connectivity index is 0.00000261. The molecule has 6 heteroatoms. The first-order chi connectivity index (χ1) is 12.5.